The van der Waals surface area contributed by atoms with Gasteiger partial charge >= 0.3 is 0 Å². The average molecular weight is 262 g/mol. The van der Waals surface area contributed by atoms with Crippen molar-refractivity contribution >= 4 is 21.4 Å². The molecule has 6 heteroatoms. The molecule has 1 amide bonds. The van der Waals surface area contributed by atoms with Crippen LogP contribution in [0.2, 0.25) is 0 Å². The predicted octanol–water partition coefficient (Wildman–Crippen LogP) is 1.27. The lowest BCUT2D eigenvalue weighted by molar-refractivity contribution is -0.116. The highest BCUT2D eigenvalue weighted by Gasteiger charge is 2.27. The van der Waals surface area contributed by atoms with Gasteiger partial charge in [0.1, 0.15) is 11.6 Å². The summed E-state index contributed by atoms with van der Waals surface area (Å²) < 4.78 is 26.4. The van der Waals surface area contributed by atoms with Crippen LogP contribution in [0.15, 0.2) is 52.5 Å². The lowest BCUT2D eigenvalue weighted by Gasteiger charge is -2.17. The third kappa shape index (κ3) is 1.53. The van der Waals surface area contributed by atoms with E-state index in [0.29, 0.717) is 5.69 Å². The van der Waals surface area contributed by atoms with E-state index in [1.807, 2.05) is 0 Å². The minimum absolute atomic E-state index is 0.00407. The van der Waals surface area contributed by atoms with E-state index in [0.717, 1.165) is 0 Å². The van der Waals surface area contributed by atoms with Gasteiger partial charge in [0.15, 0.2) is 0 Å². The number of hydrogen-bond donors (Lipinski definition) is 1. The van der Waals surface area contributed by atoms with E-state index in [4.69, 9.17) is 0 Å². The molecule has 1 aromatic heterocycles. The van der Waals surface area contributed by atoms with Crippen LogP contribution in [-0.4, -0.2) is 18.9 Å². The smallest absolute Gasteiger partial charge is 0.244 e. The molecule has 1 N–H and O–H groups in total. The predicted molar refractivity (Wildman–Crippen MR) is 65.0 cm³/mol. The lowest BCUT2D eigenvalue weighted by Crippen LogP contribution is -2.25. The molecule has 0 fully saturated rings. The van der Waals surface area contributed by atoms with E-state index >= 15 is 0 Å². The fourth-order valence-electron chi connectivity index (χ4n) is 2.03. The summed E-state index contributed by atoms with van der Waals surface area (Å²) in [6, 6.07) is 9.53. The molecule has 0 unspecified atom stereocenters. The van der Waals surface area contributed by atoms with Crippen LogP contribution in [0.25, 0.3) is 0 Å². The van der Waals surface area contributed by atoms with Gasteiger partial charge in [-0.2, -0.15) is 0 Å². The Labute approximate surface area is 104 Å². The van der Waals surface area contributed by atoms with Crippen molar-refractivity contribution in [1.82, 2.24) is 4.57 Å². The molecular formula is C12H10N2O3S. The molecule has 0 spiro atoms. The molecule has 0 saturated carbocycles. The molecule has 2 aromatic rings. The van der Waals surface area contributed by atoms with Gasteiger partial charge < -0.3 is 9.88 Å². The second-order valence-corrected chi connectivity index (χ2v) is 5.89. The Morgan fingerprint density at radius 2 is 1.89 bits per heavy atom. The summed E-state index contributed by atoms with van der Waals surface area (Å²) >= 11 is 0. The summed E-state index contributed by atoms with van der Waals surface area (Å²) in [6.07, 6.45) is 1.58. The number of fused-ring (bicyclic) bond motifs is 2. The van der Waals surface area contributed by atoms with Gasteiger partial charge in [-0.3, -0.25) is 4.79 Å². The summed E-state index contributed by atoms with van der Waals surface area (Å²) in [5.74, 6) is -0.241. The first kappa shape index (κ1) is 11.0. The van der Waals surface area contributed by atoms with Gasteiger partial charge in [0.25, 0.3) is 0 Å². The Bertz CT molecular complexity index is 731. The van der Waals surface area contributed by atoms with Crippen LogP contribution in [0.3, 0.4) is 0 Å². The molecule has 0 saturated heterocycles. The first-order chi connectivity index (χ1) is 8.59. The number of benzene rings is 1. The molecule has 5 nitrogen and oxygen atoms in total. The fraction of sp³-hybridized carbons (Fsp3) is 0.0833. The van der Waals surface area contributed by atoms with Gasteiger partial charge in [0.2, 0.25) is 15.7 Å². The zero-order valence-corrected chi connectivity index (χ0v) is 10.1. The van der Waals surface area contributed by atoms with Crippen LogP contribution in [-0.2, 0) is 21.2 Å². The van der Waals surface area contributed by atoms with Crippen molar-refractivity contribution in [3.05, 3.63) is 42.6 Å². The van der Waals surface area contributed by atoms with Crippen molar-refractivity contribution < 1.29 is 13.2 Å². The Balaban J connectivity index is 2.34. The number of aromatic nitrogens is 1. The van der Waals surface area contributed by atoms with Crippen molar-refractivity contribution in [2.75, 3.05) is 5.32 Å². The molecule has 0 bridgehead atoms. The van der Waals surface area contributed by atoms with E-state index in [2.05, 4.69) is 5.32 Å². The normalized spacial score (nSPS) is 17.0. The largest absolute Gasteiger partial charge is 0.329 e. The lowest BCUT2D eigenvalue weighted by atomic mass is 10.3. The van der Waals surface area contributed by atoms with Gasteiger partial charge in [-0.1, -0.05) is 12.1 Å². The summed E-state index contributed by atoms with van der Waals surface area (Å²) in [7, 11) is -3.59. The number of nitrogens with zero attached hydrogens (tertiary/aromatic N) is 1. The molecular weight excluding hydrogens is 252 g/mol. The van der Waals surface area contributed by atoms with Crippen molar-refractivity contribution in [1.29, 1.82) is 0 Å². The number of carbonyl (C=O) groups is 1. The van der Waals surface area contributed by atoms with Gasteiger partial charge in [0, 0.05) is 6.20 Å². The maximum Gasteiger partial charge on any atom is 0.244 e. The highest BCUT2D eigenvalue weighted by Crippen LogP contribution is 2.29. The summed E-state index contributed by atoms with van der Waals surface area (Å²) in [5.41, 5.74) is 0.329. The first-order valence-electron chi connectivity index (χ1n) is 5.38. The molecule has 1 aromatic carbocycles. The Morgan fingerprint density at radius 1 is 1.11 bits per heavy atom. The number of carbonyl (C=O) groups excluding carboxylic acids is 1. The van der Waals surface area contributed by atoms with Gasteiger partial charge in [0.05, 0.1) is 10.6 Å². The van der Waals surface area contributed by atoms with E-state index < -0.39 is 9.84 Å². The molecule has 0 radical (unpaired) electrons. The maximum atomic E-state index is 12.5. The van der Waals surface area contributed by atoms with Crippen LogP contribution in [0.4, 0.5) is 5.69 Å². The SMILES string of the molecule is O=C1Cn2cccc2S(=O)(=O)c2ccccc2N1. The fourth-order valence-corrected chi connectivity index (χ4v) is 3.62. The van der Waals surface area contributed by atoms with Crippen molar-refractivity contribution in [2.45, 2.75) is 16.5 Å². The quantitative estimate of drug-likeness (QED) is 0.777. The van der Waals surface area contributed by atoms with E-state index in [9.17, 15) is 13.2 Å². The zero-order valence-electron chi connectivity index (χ0n) is 9.33. The molecule has 1 aliphatic heterocycles. The third-order valence-corrected chi connectivity index (χ3v) is 4.68. The molecule has 1 aliphatic rings. The summed E-state index contributed by atoms with van der Waals surface area (Å²) in [6.45, 7) is -0.00407. The van der Waals surface area contributed by atoms with Crippen LogP contribution in [0, 0.1) is 0 Å². The molecule has 3 rings (SSSR count). The maximum absolute atomic E-state index is 12.5. The summed E-state index contributed by atoms with van der Waals surface area (Å²) in [4.78, 5) is 11.9. The number of hydrogen-bond acceptors (Lipinski definition) is 3. The van der Waals surface area contributed by atoms with Gasteiger partial charge in [-0.25, -0.2) is 8.42 Å². The van der Waals surface area contributed by atoms with Crippen LogP contribution >= 0.6 is 0 Å². The first-order valence-corrected chi connectivity index (χ1v) is 6.86. The highest BCUT2D eigenvalue weighted by molar-refractivity contribution is 7.91. The Morgan fingerprint density at radius 3 is 2.72 bits per heavy atom. The molecule has 2 heterocycles. The Hall–Kier alpha value is -2.08. The van der Waals surface area contributed by atoms with Gasteiger partial charge in [-0.15, -0.1) is 0 Å². The topological polar surface area (TPSA) is 68.2 Å². The Kier molecular flexibility index (Phi) is 2.27. The standard InChI is InChI=1S/C12H10N2O3S/c15-11-8-14-7-3-6-12(14)18(16,17)10-5-2-1-4-9(10)13-11/h1-7H,8H2,(H,13,15). The van der Waals surface area contributed by atoms with Crippen LogP contribution < -0.4 is 5.32 Å². The number of para-hydroxylation sites is 1. The summed E-state index contributed by atoms with van der Waals surface area (Å²) in [5, 5.41) is 2.75. The van der Waals surface area contributed by atoms with E-state index in [1.54, 1.807) is 30.5 Å². The van der Waals surface area contributed by atoms with Gasteiger partial charge in [-0.05, 0) is 24.3 Å². The molecule has 0 aliphatic carbocycles. The van der Waals surface area contributed by atoms with Crippen molar-refractivity contribution in [3.63, 3.8) is 0 Å². The zero-order chi connectivity index (χ0) is 12.8. The van der Waals surface area contributed by atoms with Crippen LogP contribution in [0.1, 0.15) is 0 Å². The second-order valence-electron chi connectivity index (χ2n) is 4.02. The number of nitrogens with one attached hydrogen (secondary N) is 1. The minimum Gasteiger partial charge on any atom is -0.329 e. The number of sulfone groups is 1. The third-order valence-electron chi connectivity index (χ3n) is 2.83. The van der Waals surface area contributed by atoms with E-state index in [1.165, 1.54) is 16.7 Å². The molecule has 0 atom stereocenters. The van der Waals surface area contributed by atoms with Crippen LogP contribution in [0.5, 0.6) is 0 Å². The monoisotopic (exact) mass is 262 g/mol. The molecule has 92 valence electrons. The second kappa shape index (κ2) is 3.71. The van der Waals surface area contributed by atoms with Crippen molar-refractivity contribution in [2.24, 2.45) is 0 Å². The van der Waals surface area contributed by atoms with Crippen molar-refractivity contribution in [3.8, 4) is 0 Å². The molecule has 18 heavy (non-hydrogen) atoms. The highest BCUT2D eigenvalue weighted by atomic mass is 32.2. The number of amides is 1. The number of anilines is 1. The minimum atomic E-state index is -3.59. The number of rotatable bonds is 0. The average Bonchev–Trinajstić information content (AvgIpc) is 2.76. The van der Waals surface area contributed by atoms with E-state index in [-0.39, 0.29) is 22.4 Å².